The minimum atomic E-state index is -0.00774. The molecule has 2 unspecified atom stereocenters. The van der Waals surface area contributed by atoms with Gasteiger partial charge < -0.3 is 14.8 Å². The number of nitrogens with one attached hydrogen (secondary N) is 1. The lowest BCUT2D eigenvalue weighted by molar-refractivity contribution is -0.0197. The highest BCUT2D eigenvalue weighted by Gasteiger charge is 2.53. The van der Waals surface area contributed by atoms with E-state index in [0.29, 0.717) is 5.41 Å². The summed E-state index contributed by atoms with van der Waals surface area (Å²) in [7, 11) is 1.76. The molecule has 0 aromatic carbocycles. The van der Waals surface area contributed by atoms with Crippen molar-refractivity contribution in [2.75, 3.05) is 33.4 Å². The normalized spacial score (nSPS) is 33.5. The Morgan fingerprint density at radius 3 is 2.42 bits per heavy atom. The average Bonchev–Trinajstić information content (AvgIpc) is 2.92. The molecule has 1 N–H and O–H groups in total. The highest BCUT2D eigenvalue weighted by molar-refractivity contribution is 5.04. The zero-order valence-electron chi connectivity index (χ0n) is 13.1. The molecule has 0 bridgehead atoms. The lowest BCUT2D eigenvalue weighted by Gasteiger charge is -2.32. The second kappa shape index (κ2) is 6.11. The van der Waals surface area contributed by atoms with Gasteiger partial charge in [-0.3, -0.25) is 0 Å². The third-order valence-electron chi connectivity index (χ3n) is 4.61. The van der Waals surface area contributed by atoms with E-state index in [1.165, 1.54) is 25.7 Å². The number of methoxy groups -OCH3 is 1. The van der Waals surface area contributed by atoms with Crippen LogP contribution in [0.25, 0.3) is 0 Å². The van der Waals surface area contributed by atoms with Crippen molar-refractivity contribution < 1.29 is 9.47 Å². The maximum absolute atomic E-state index is 5.94. The average molecular weight is 269 g/mol. The van der Waals surface area contributed by atoms with Crippen molar-refractivity contribution in [3.63, 3.8) is 0 Å². The van der Waals surface area contributed by atoms with Gasteiger partial charge >= 0.3 is 0 Å². The first-order valence-corrected chi connectivity index (χ1v) is 7.78. The molecule has 0 spiro atoms. The number of rotatable bonds is 8. The predicted molar refractivity (Wildman–Crippen MR) is 78.3 cm³/mol. The van der Waals surface area contributed by atoms with Crippen molar-refractivity contribution in [2.45, 2.75) is 52.1 Å². The van der Waals surface area contributed by atoms with Gasteiger partial charge in [0.2, 0.25) is 0 Å². The van der Waals surface area contributed by atoms with Crippen molar-refractivity contribution in [2.24, 2.45) is 17.3 Å². The van der Waals surface area contributed by atoms with Gasteiger partial charge in [-0.05, 0) is 63.7 Å². The molecule has 2 saturated carbocycles. The highest BCUT2D eigenvalue weighted by Crippen LogP contribution is 2.60. The van der Waals surface area contributed by atoms with Crippen LogP contribution in [0.2, 0.25) is 0 Å². The number of hydrogen-bond acceptors (Lipinski definition) is 3. The zero-order chi connectivity index (χ0) is 13.9. The van der Waals surface area contributed by atoms with Crippen molar-refractivity contribution in [3.8, 4) is 0 Å². The Kier molecular flexibility index (Phi) is 4.91. The Balaban J connectivity index is 1.75. The molecule has 2 atom stereocenters. The molecule has 0 saturated heterocycles. The second-order valence-electron chi connectivity index (χ2n) is 7.54. The van der Waals surface area contributed by atoms with Gasteiger partial charge in [0.25, 0.3) is 0 Å². The van der Waals surface area contributed by atoms with Crippen molar-refractivity contribution in [3.05, 3.63) is 0 Å². The third-order valence-corrected chi connectivity index (χ3v) is 4.61. The maximum atomic E-state index is 5.94. The Hall–Kier alpha value is -0.120. The molecule has 2 fully saturated rings. The summed E-state index contributed by atoms with van der Waals surface area (Å²) >= 11 is 0. The van der Waals surface area contributed by atoms with Crippen LogP contribution in [0.3, 0.4) is 0 Å². The molecule has 112 valence electrons. The lowest BCUT2D eigenvalue weighted by atomic mass is 9.80. The minimum Gasteiger partial charge on any atom is -0.383 e. The molecule has 2 rings (SSSR count). The predicted octanol–water partition coefficient (Wildman–Crippen LogP) is 2.84. The quantitative estimate of drug-likeness (QED) is 0.687. The van der Waals surface area contributed by atoms with Crippen LogP contribution in [0.15, 0.2) is 0 Å². The third kappa shape index (κ3) is 4.73. The Morgan fingerprint density at radius 1 is 1.16 bits per heavy atom. The van der Waals surface area contributed by atoms with E-state index in [0.717, 1.165) is 38.1 Å². The van der Waals surface area contributed by atoms with E-state index in [1.807, 2.05) is 0 Å². The number of ether oxygens (including phenoxy) is 2. The summed E-state index contributed by atoms with van der Waals surface area (Å²) in [6, 6.07) is 0. The molecule has 3 heteroatoms. The van der Waals surface area contributed by atoms with Crippen LogP contribution in [0.1, 0.15) is 46.5 Å². The number of fused-ring (bicyclic) bond motifs is 1. The van der Waals surface area contributed by atoms with Gasteiger partial charge in [0.1, 0.15) is 0 Å². The molecule has 0 aromatic heterocycles. The fraction of sp³-hybridized carbons (Fsp3) is 1.00. The van der Waals surface area contributed by atoms with Crippen LogP contribution in [-0.4, -0.2) is 39.0 Å². The van der Waals surface area contributed by atoms with Gasteiger partial charge in [-0.15, -0.1) is 0 Å². The van der Waals surface area contributed by atoms with Gasteiger partial charge in [0.15, 0.2) is 0 Å². The molecule has 0 radical (unpaired) electrons. The molecular formula is C16H31NO2. The molecule has 2 aliphatic carbocycles. The largest absolute Gasteiger partial charge is 0.383 e. The van der Waals surface area contributed by atoms with Crippen molar-refractivity contribution in [1.82, 2.24) is 5.32 Å². The summed E-state index contributed by atoms with van der Waals surface area (Å²) in [4.78, 5) is 0. The fourth-order valence-electron chi connectivity index (χ4n) is 3.54. The van der Waals surface area contributed by atoms with E-state index < -0.39 is 0 Å². The summed E-state index contributed by atoms with van der Waals surface area (Å²) in [5.74, 6) is 2.05. The van der Waals surface area contributed by atoms with E-state index in [2.05, 4.69) is 26.1 Å². The first-order valence-electron chi connectivity index (χ1n) is 7.78. The first-order chi connectivity index (χ1) is 8.94. The van der Waals surface area contributed by atoms with Crippen LogP contribution < -0.4 is 5.32 Å². The van der Waals surface area contributed by atoms with Gasteiger partial charge in [-0.25, -0.2) is 0 Å². The molecular weight excluding hydrogens is 238 g/mol. The van der Waals surface area contributed by atoms with E-state index in [-0.39, 0.29) is 5.60 Å². The smallest absolute Gasteiger partial charge is 0.0598 e. The Labute approximate surface area is 118 Å². The summed E-state index contributed by atoms with van der Waals surface area (Å²) in [6.45, 7) is 10.2. The molecule has 0 amide bonds. The maximum Gasteiger partial charge on any atom is 0.0598 e. The van der Waals surface area contributed by atoms with Crippen LogP contribution in [0.5, 0.6) is 0 Å². The first kappa shape index (κ1) is 15.3. The SMILES string of the molecule is COCCNCC1(CCOC(C)(C)C)CC2CC2C1. The van der Waals surface area contributed by atoms with Crippen LogP contribution in [-0.2, 0) is 9.47 Å². The summed E-state index contributed by atoms with van der Waals surface area (Å²) in [5.41, 5.74) is 0.485. The topological polar surface area (TPSA) is 30.5 Å². The molecule has 0 aromatic rings. The molecule has 19 heavy (non-hydrogen) atoms. The monoisotopic (exact) mass is 269 g/mol. The molecule has 3 nitrogen and oxygen atoms in total. The Bertz CT molecular complexity index is 275. The van der Waals surface area contributed by atoms with Gasteiger partial charge in [0, 0.05) is 26.8 Å². The molecule has 2 aliphatic rings. The van der Waals surface area contributed by atoms with Crippen LogP contribution >= 0.6 is 0 Å². The zero-order valence-corrected chi connectivity index (χ0v) is 13.1. The summed E-state index contributed by atoms with van der Waals surface area (Å²) < 4.78 is 11.0. The van der Waals surface area contributed by atoms with Gasteiger partial charge in [0.05, 0.1) is 12.2 Å². The van der Waals surface area contributed by atoms with Crippen LogP contribution in [0.4, 0.5) is 0 Å². The van der Waals surface area contributed by atoms with Crippen LogP contribution in [0, 0.1) is 17.3 Å². The Morgan fingerprint density at radius 2 is 1.84 bits per heavy atom. The standard InChI is InChI=1S/C16H31NO2/c1-15(2,3)19-7-5-16(12-17-6-8-18-4)10-13-9-14(13)11-16/h13-14,17H,5-12H2,1-4H3. The van der Waals surface area contributed by atoms with Crippen molar-refractivity contribution >= 4 is 0 Å². The van der Waals surface area contributed by atoms with E-state index >= 15 is 0 Å². The lowest BCUT2D eigenvalue weighted by Crippen LogP contribution is -2.36. The number of hydrogen-bond donors (Lipinski definition) is 1. The minimum absolute atomic E-state index is 0.00774. The summed E-state index contributed by atoms with van der Waals surface area (Å²) in [6.07, 6.45) is 5.51. The van der Waals surface area contributed by atoms with E-state index in [1.54, 1.807) is 7.11 Å². The fourth-order valence-corrected chi connectivity index (χ4v) is 3.54. The van der Waals surface area contributed by atoms with E-state index in [9.17, 15) is 0 Å². The second-order valence-corrected chi connectivity index (χ2v) is 7.54. The van der Waals surface area contributed by atoms with Gasteiger partial charge in [-0.2, -0.15) is 0 Å². The highest BCUT2D eigenvalue weighted by atomic mass is 16.5. The summed E-state index contributed by atoms with van der Waals surface area (Å²) in [5, 5.41) is 3.58. The van der Waals surface area contributed by atoms with Crippen molar-refractivity contribution in [1.29, 1.82) is 0 Å². The molecule has 0 aliphatic heterocycles. The van der Waals surface area contributed by atoms with Gasteiger partial charge in [-0.1, -0.05) is 0 Å². The molecule has 0 heterocycles. The van der Waals surface area contributed by atoms with E-state index in [4.69, 9.17) is 9.47 Å².